The highest BCUT2D eigenvalue weighted by molar-refractivity contribution is 7.99. The van der Waals surface area contributed by atoms with Gasteiger partial charge in [-0.05, 0) is 29.9 Å². The summed E-state index contributed by atoms with van der Waals surface area (Å²) >= 11 is 1.90. The number of anilines is 1. The van der Waals surface area contributed by atoms with Crippen molar-refractivity contribution in [1.82, 2.24) is 0 Å². The third-order valence-electron chi connectivity index (χ3n) is 3.56. The van der Waals surface area contributed by atoms with E-state index in [1.807, 2.05) is 11.8 Å². The molecule has 0 saturated carbocycles. The van der Waals surface area contributed by atoms with E-state index >= 15 is 0 Å². The number of benzene rings is 2. The molecule has 1 atom stereocenters. The lowest BCUT2D eigenvalue weighted by Crippen LogP contribution is -2.11. The normalized spacial score (nSPS) is 12.1. The van der Waals surface area contributed by atoms with E-state index < -0.39 is 0 Å². The molecule has 0 aliphatic rings. The van der Waals surface area contributed by atoms with Crippen LogP contribution >= 0.6 is 11.8 Å². The first-order valence-corrected chi connectivity index (χ1v) is 8.87. The first kappa shape index (κ1) is 16.0. The molecule has 0 amide bonds. The molecule has 2 aromatic rings. The quantitative estimate of drug-likeness (QED) is 0.587. The summed E-state index contributed by atoms with van der Waals surface area (Å²) in [5.41, 5.74) is 2.64. The van der Waals surface area contributed by atoms with Crippen molar-refractivity contribution < 1.29 is 0 Å². The Hall–Kier alpha value is -1.41. The highest BCUT2D eigenvalue weighted by atomic mass is 32.2. The van der Waals surface area contributed by atoms with Crippen LogP contribution in [0.2, 0.25) is 0 Å². The summed E-state index contributed by atoms with van der Waals surface area (Å²) in [4.78, 5) is 1.34. The zero-order valence-corrected chi connectivity index (χ0v) is 13.8. The van der Waals surface area contributed by atoms with Crippen LogP contribution in [0.15, 0.2) is 59.5 Å². The van der Waals surface area contributed by atoms with E-state index in [0.717, 1.165) is 5.75 Å². The summed E-state index contributed by atoms with van der Waals surface area (Å²) < 4.78 is 0. The largest absolute Gasteiger partial charge is 0.377 e. The average Bonchev–Trinajstić information content (AvgIpc) is 2.54. The van der Waals surface area contributed by atoms with E-state index in [1.54, 1.807) is 0 Å². The first-order chi connectivity index (χ1) is 10.3. The van der Waals surface area contributed by atoms with Crippen molar-refractivity contribution in [3.05, 3.63) is 60.2 Å². The summed E-state index contributed by atoms with van der Waals surface area (Å²) in [5, 5.41) is 3.76. The van der Waals surface area contributed by atoms with Crippen LogP contribution in [-0.4, -0.2) is 5.75 Å². The van der Waals surface area contributed by atoms with E-state index in [4.69, 9.17) is 0 Å². The van der Waals surface area contributed by atoms with Gasteiger partial charge in [-0.1, -0.05) is 69.2 Å². The van der Waals surface area contributed by atoms with Crippen LogP contribution in [0, 0.1) is 0 Å². The smallest absolute Gasteiger partial charge is 0.0514 e. The van der Waals surface area contributed by atoms with Gasteiger partial charge in [0.05, 0.1) is 6.04 Å². The fraction of sp³-hybridized carbons (Fsp3) is 0.368. The Bertz CT molecular complexity index is 524. The van der Waals surface area contributed by atoms with Crippen molar-refractivity contribution in [2.45, 2.75) is 44.0 Å². The van der Waals surface area contributed by atoms with Gasteiger partial charge >= 0.3 is 0 Å². The summed E-state index contributed by atoms with van der Waals surface area (Å²) in [6, 6.07) is 19.8. The van der Waals surface area contributed by atoms with Crippen LogP contribution in [0.25, 0.3) is 0 Å². The number of unbranched alkanes of at least 4 members (excludes halogenated alkanes) is 1. The van der Waals surface area contributed by atoms with Gasteiger partial charge in [-0.15, -0.1) is 11.8 Å². The van der Waals surface area contributed by atoms with Crippen molar-refractivity contribution >= 4 is 17.4 Å². The van der Waals surface area contributed by atoms with Crippen LogP contribution in [0.5, 0.6) is 0 Å². The fourth-order valence-corrected chi connectivity index (χ4v) is 3.24. The maximum atomic E-state index is 3.76. The minimum Gasteiger partial charge on any atom is -0.377 e. The number of rotatable bonds is 8. The molecule has 112 valence electrons. The third kappa shape index (κ3) is 4.82. The summed E-state index contributed by atoms with van der Waals surface area (Å²) in [5.74, 6) is 1.10. The van der Waals surface area contributed by atoms with Crippen LogP contribution in [-0.2, 0) is 0 Å². The molecule has 1 unspecified atom stereocenters. The van der Waals surface area contributed by atoms with Crippen molar-refractivity contribution in [1.29, 1.82) is 0 Å². The molecule has 0 aliphatic carbocycles. The molecular weight excluding hydrogens is 274 g/mol. The summed E-state index contributed by atoms with van der Waals surface area (Å²) in [6.45, 7) is 4.45. The predicted molar refractivity (Wildman–Crippen MR) is 95.2 cm³/mol. The van der Waals surface area contributed by atoms with Gasteiger partial charge in [-0.3, -0.25) is 0 Å². The SMILES string of the molecule is CCCCC(Nc1ccccc1SCC)c1ccccc1. The fourth-order valence-electron chi connectivity index (χ4n) is 2.47. The topological polar surface area (TPSA) is 12.0 Å². The lowest BCUT2D eigenvalue weighted by atomic mass is 10.0. The molecule has 1 N–H and O–H groups in total. The second-order valence-corrected chi connectivity index (χ2v) is 6.48. The molecule has 2 aromatic carbocycles. The predicted octanol–water partition coefficient (Wildman–Crippen LogP) is 6.14. The molecule has 2 heteroatoms. The molecule has 0 fully saturated rings. The van der Waals surface area contributed by atoms with Crippen molar-refractivity contribution in [2.75, 3.05) is 11.1 Å². The highest BCUT2D eigenvalue weighted by Crippen LogP contribution is 2.31. The Balaban J connectivity index is 2.19. The first-order valence-electron chi connectivity index (χ1n) is 7.88. The molecule has 0 bridgehead atoms. The van der Waals surface area contributed by atoms with E-state index in [2.05, 4.69) is 73.8 Å². The Kier molecular flexibility index (Phi) is 6.68. The van der Waals surface area contributed by atoms with Gasteiger partial charge in [0.1, 0.15) is 0 Å². The molecule has 1 nitrogen and oxygen atoms in total. The van der Waals surface area contributed by atoms with E-state index in [-0.39, 0.29) is 0 Å². The van der Waals surface area contributed by atoms with E-state index in [9.17, 15) is 0 Å². The van der Waals surface area contributed by atoms with Gasteiger partial charge in [-0.2, -0.15) is 0 Å². The second kappa shape index (κ2) is 8.78. The molecule has 0 saturated heterocycles. The molecule has 0 aromatic heterocycles. The standard InChI is InChI=1S/C19H25NS/c1-3-5-13-17(16-11-7-6-8-12-16)20-18-14-9-10-15-19(18)21-4-2/h6-12,14-15,17,20H,3-5,13H2,1-2H3. The summed E-state index contributed by atoms with van der Waals surface area (Å²) in [7, 11) is 0. The molecule has 0 spiro atoms. The third-order valence-corrected chi connectivity index (χ3v) is 4.52. The van der Waals surface area contributed by atoms with Crippen molar-refractivity contribution in [3.63, 3.8) is 0 Å². The molecule has 21 heavy (non-hydrogen) atoms. The monoisotopic (exact) mass is 299 g/mol. The second-order valence-electron chi connectivity index (χ2n) is 5.18. The van der Waals surface area contributed by atoms with Gasteiger partial charge in [-0.25, -0.2) is 0 Å². The Labute approximate surface area is 133 Å². The molecule has 2 rings (SSSR count). The summed E-state index contributed by atoms with van der Waals surface area (Å²) in [6.07, 6.45) is 3.65. The van der Waals surface area contributed by atoms with Crippen LogP contribution < -0.4 is 5.32 Å². The molecular formula is C19H25NS. The molecule has 0 radical (unpaired) electrons. The van der Waals surface area contributed by atoms with E-state index in [1.165, 1.54) is 35.4 Å². The lowest BCUT2D eigenvalue weighted by molar-refractivity contribution is 0.633. The number of hydrogen-bond donors (Lipinski definition) is 1. The molecule has 0 aliphatic heterocycles. The minimum atomic E-state index is 0.393. The van der Waals surface area contributed by atoms with Gasteiger partial charge in [0.2, 0.25) is 0 Å². The number of nitrogens with one attached hydrogen (secondary N) is 1. The zero-order chi connectivity index (χ0) is 14.9. The molecule has 0 heterocycles. The Morgan fingerprint density at radius 3 is 2.38 bits per heavy atom. The maximum absolute atomic E-state index is 3.76. The van der Waals surface area contributed by atoms with Crippen LogP contribution in [0.1, 0.15) is 44.7 Å². The van der Waals surface area contributed by atoms with Crippen molar-refractivity contribution in [2.24, 2.45) is 0 Å². The van der Waals surface area contributed by atoms with Crippen LogP contribution in [0.3, 0.4) is 0 Å². The highest BCUT2D eigenvalue weighted by Gasteiger charge is 2.12. The Morgan fingerprint density at radius 1 is 0.952 bits per heavy atom. The lowest BCUT2D eigenvalue weighted by Gasteiger charge is -2.22. The minimum absolute atomic E-state index is 0.393. The zero-order valence-electron chi connectivity index (χ0n) is 13.0. The number of para-hydroxylation sites is 1. The number of thioether (sulfide) groups is 1. The maximum Gasteiger partial charge on any atom is 0.0514 e. The van der Waals surface area contributed by atoms with Gasteiger partial charge in [0.15, 0.2) is 0 Å². The van der Waals surface area contributed by atoms with Crippen molar-refractivity contribution in [3.8, 4) is 0 Å². The van der Waals surface area contributed by atoms with Gasteiger partial charge < -0.3 is 5.32 Å². The van der Waals surface area contributed by atoms with Gasteiger partial charge in [0.25, 0.3) is 0 Å². The van der Waals surface area contributed by atoms with Gasteiger partial charge in [0, 0.05) is 10.6 Å². The van der Waals surface area contributed by atoms with Crippen LogP contribution in [0.4, 0.5) is 5.69 Å². The van der Waals surface area contributed by atoms with E-state index in [0.29, 0.717) is 6.04 Å². The average molecular weight is 299 g/mol. The Morgan fingerprint density at radius 2 is 1.67 bits per heavy atom. The number of hydrogen-bond acceptors (Lipinski definition) is 2.